The van der Waals surface area contributed by atoms with Crippen LogP contribution in [-0.4, -0.2) is 61.1 Å². The number of nitrogens with zero attached hydrogens (tertiary/aromatic N) is 5. The summed E-state index contributed by atoms with van der Waals surface area (Å²) < 4.78 is 33.4. The fourth-order valence-corrected chi connectivity index (χ4v) is 3.93. The highest BCUT2D eigenvalue weighted by molar-refractivity contribution is 7.89. The molecule has 9 heteroatoms. The predicted octanol–water partition coefficient (Wildman–Crippen LogP) is 0.472. The number of anilines is 1. The number of benzene rings is 1. The molecule has 0 N–H and O–H groups in total. The number of ether oxygens (including phenoxy) is 1. The van der Waals surface area contributed by atoms with E-state index in [1.54, 1.807) is 14.1 Å². The van der Waals surface area contributed by atoms with Crippen molar-refractivity contribution in [3.05, 3.63) is 36.0 Å². The molecule has 1 aromatic carbocycles. The molecule has 1 aromatic heterocycles. The van der Waals surface area contributed by atoms with Crippen molar-refractivity contribution in [2.75, 3.05) is 38.3 Å². The van der Waals surface area contributed by atoms with Crippen molar-refractivity contribution in [2.45, 2.75) is 11.6 Å². The van der Waals surface area contributed by atoms with Crippen molar-refractivity contribution < 1.29 is 13.2 Å². The number of rotatable bonds is 5. The Morgan fingerprint density at radius 1 is 1.25 bits per heavy atom. The second-order valence-electron chi connectivity index (χ2n) is 5.69. The van der Waals surface area contributed by atoms with E-state index in [0.29, 0.717) is 13.2 Å². The standard InChI is InChI=1S/C15H21N5O3S/c1-18(24(21,22)15-11-16-17-19(15)2)12-13-5-3-4-6-14(13)20-7-9-23-10-8-20/h3-6,11H,7-10,12H2,1-2H3. The molecule has 1 saturated heterocycles. The van der Waals surface area contributed by atoms with Crippen LogP contribution in [0.2, 0.25) is 0 Å². The lowest BCUT2D eigenvalue weighted by atomic mass is 10.1. The normalized spacial score (nSPS) is 15.9. The van der Waals surface area contributed by atoms with Gasteiger partial charge in [-0.05, 0) is 11.6 Å². The summed E-state index contributed by atoms with van der Waals surface area (Å²) in [4.78, 5) is 2.23. The van der Waals surface area contributed by atoms with E-state index in [9.17, 15) is 8.42 Å². The van der Waals surface area contributed by atoms with E-state index >= 15 is 0 Å². The lowest BCUT2D eigenvalue weighted by Gasteiger charge is -2.31. The molecule has 0 radical (unpaired) electrons. The molecule has 2 aromatic rings. The van der Waals surface area contributed by atoms with Crippen molar-refractivity contribution in [1.29, 1.82) is 0 Å². The van der Waals surface area contributed by atoms with Crippen molar-refractivity contribution in [3.8, 4) is 0 Å². The second-order valence-corrected chi connectivity index (χ2v) is 7.68. The van der Waals surface area contributed by atoms with Crippen LogP contribution >= 0.6 is 0 Å². The summed E-state index contributed by atoms with van der Waals surface area (Å²) in [6, 6.07) is 7.87. The molecule has 1 fully saturated rings. The van der Waals surface area contributed by atoms with Crippen LogP contribution in [-0.2, 0) is 28.4 Å². The van der Waals surface area contributed by atoms with Crippen LogP contribution in [0, 0.1) is 0 Å². The third kappa shape index (κ3) is 3.28. The summed E-state index contributed by atoms with van der Waals surface area (Å²) in [7, 11) is -0.511. The summed E-state index contributed by atoms with van der Waals surface area (Å²) in [6.07, 6.45) is 1.26. The Labute approximate surface area is 141 Å². The summed E-state index contributed by atoms with van der Waals surface area (Å²) in [6.45, 7) is 3.26. The predicted molar refractivity (Wildman–Crippen MR) is 89.1 cm³/mol. The molecule has 8 nitrogen and oxygen atoms in total. The van der Waals surface area contributed by atoms with Crippen LogP contribution in [0.15, 0.2) is 35.5 Å². The van der Waals surface area contributed by atoms with Gasteiger partial charge in [0.1, 0.15) is 0 Å². The lowest BCUT2D eigenvalue weighted by molar-refractivity contribution is 0.122. The molecule has 3 rings (SSSR count). The Morgan fingerprint density at radius 2 is 1.96 bits per heavy atom. The van der Waals surface area contributed by atoms with E-state index < -0.39 is 10.0 Å². The zero-order chi connectivity index (χ0) is 17.2. The van der Waals surface area contributed by atoms with Gasteiger partial charge in [-0.15, -0.1) is 5.10 Å². The monoisotopic (exact) mass is 351 g/mol. The van der Waals surface area contributed by atoms with Crippen LogP contribution in [0.4, 0.5) is 5.69 Å². The molecular weight excluding hydrogens is 330 g/mol. The van der Waals surface area contributed by atoms with Gasteiger partial charge in [-0.3, -0.25) is 0 Å². The van der Waals surface area contributed by atoms with Gasteiger partial charge in [0.25, 0.3) is 10.0 Å². The van der Waals surface area contributed by atoms with E-state index in [1.165, 1.54) is 15.2 Å². The molecule has 24 heavy (non-hydrogen) atoms. The minimum absolute atomic E-state index is 0.0776. The molecular formula is C15H21N5O3S. The highest BCUT2D eigenvalue weighted by Crippen LogP contribution is 2.24. The molecule has 0 atom stereocenters. The molecule has 0 saturated carbocycles. The highest BCUT2D eigenvalue weighted by Gasteiger charge is 2.26. The Hall–Kier alpha value is -1.97. The van der Waals surface area contributed by atoms with Gasteiger partial charge < -0.3 is 9.64 Å². The maximum atomic E-state index is 12.7. The Balaban J connectivity index is 1.84. The number of hydrogen-bond acceptors (Lipinski definition) is 6. The average Bonchev–Trinajstić information content (AvgIpc) is 3.03. The van der Waals surface area contributed by atoms with Gasteiger partial charge in [-0.1, -0.05) is 23.4 Å². The third-order valence-electron chi connectivity index (χ3n) is 4.08. The van der Waals surface area contributed by atoms with Crippen molar-refractivity contribution in [1.82, 2.24) is 19.3 Å². The first-order valence-electron chi connectivity index (χ1n) is 7.72. The van der Waals surface area contributed by atoms with Gasteiger partial charge in [0, 0.05) is 39.4 Å². The van der Waals surface area contributed by atoms with E-state index in [-0.39, 0.29) is 11.6 Å². The van der Waals surface area contributed by atoms with E-state index in [1.807, 2.05) is 24.3 Å². The average molecular weight is 351 g/mol. The van der Waals surface area contributed by atoms with Gasteiger partial charge in [0.2, 0.25) is 0 Å². The molecule has 0 aliphatic carbocycles. The maximum Gasteiger partial charge on any atom is 0.261 e. The van der Waals surface area contributed by atoms with Gasteiger partial charge in [0.15, 0.2) is 5.03 Å². The summed E-state index contributed by atoms with van der Waals surface area (Å²) in [5.41, 5.74) is 2.01. The molecule has 0 bridgehead atoms. The SMILES string of the molecule is CN(Cc1ccccc1N1CCOCC1)S(=O)(=O)c1cnnn1C. The fraction of sp³-hybridized carbons (Fsp3) is 0.467. The quantitative estimate of drug-likeness (QED) is 0.779. The molecule has 1 aliphatic heterocycles. The van der Waals surface area contributed by atoms with Gasteiger partial charge >= 0.3 is 0 Å². The molecule has 0 unspecified atom stereocenters. The lowest BCUT2D eigenvalue weighted by Crippen LogP contribution is -2.37. The smallest absolute Gasteiger partial charge is 0.261 e. The van der Waals surface area contributed by atoms with Crippen molar-refractivity contribution >= 4 is 15.7 Å². The summed E-state index contributed by atoms with van der Waals surface area (Å²) in [5.74, 6) is 0. The zero-order valence-electron chi connectivity index (χ0n) is 13.8. The van der Waals surface area contributed by atoms with Crippen LogP contribution in [0.25, 0.3) is 0 Å². The molecule has 130 valence electrons. The third-order valence-corrected chi connectivity index (χ3v) is 5.93. The minimum Gasteiger partial charge on any atom is -0.378 e. The topological polar surface area (TPSA) is 80.6 Å². The first-order valence-corrected chi connectivity index (χ1v) is 9.16. The number of sulfonamides is 1. The Kier molecular flexibility index (Phi) is 4.83. The highest BCUT2D eigenvalue weighted by atomic mass is 32.2. The number of aryl methyl sites for hydroxylation is 1. The first-order chi connectivity index (χ1) is 11.5. The summed E-state index contributed by atoms with van der Waals surface area (Å²) >= 11 is 0. The molecule has 2 heterocycles. The number of hydrogen-bond donors (Lipinski definition) is 0. The van der Waals surface area contributed by atoms with Crippen molar-refractivity contribution in [2.24, 2.45) is 7.05 Å². The fourth-order valence-electron chi connectivity index (χ4n) is 2.76. The van der Waals surface area contributed by atoms with Crippen LogP contribution in [0.5, 0.6) is 0 Å². The minimum atomic E-state index is -3.64. The van der Waals surface area contributed by atoms with E-state index in [4.69, 9.17) is 4.74 Å². The Morgan fingerprint density at radius 3 is 2.62 bits per heavy atom. The first kappa shape index (κ1) is 16.9. The van der Waals surface area contributed by atoms with E-state index in [2.05, 4.69) is 15.2 Å². The van der Waals surface area contributed by atoms with Gasteiger partial charge in [-0.25, -0.2) is 13.1 Å². The van der Waals surface area contributed by atoms with Gasteiger partial charge in [0.05, 0.1) is 19.4 Å². The van der Waals surface area contributed by atoms with Crippen LogP contribution in [0.3, 0.4) is 0 Å². The molecule has 0 spiro atoms. The molecule has 1 aliphatic rings. The Bertz CT molecular complexity index is 799. The van der Waals surface area contributed by atoms with Crippen LogP contribution < -0.4 is 4.90 Å². The van der Waals surface area contributed by atoms with Gasteiger partial charge in [-0.2, -0.15) is 4.31 Å². The maximum absolute atomic E-state index is 12.7. The van der Waals surface area contributed by atoms with Crippen molar-refractivity contribution in [3.63, 3.8) is 0 Å². The number of para-hydroxylation sites is 1. The largest absolute Gasteiger partial charge is 0.378 e. The number of aromatic nitrogens is 3. The second kappa shape index (κ2) is 6.88. The summed E-state index contributed by atoms with van der Waals surface area (Å²) in [5, 5.41) is 7.43. The van der Waals surface area contributed by atoms with E-state index in [0.717, 1.165) is 24.3 Å². The van der Waals surface area contributed by atoms with Crippen LogP contribution in [0.1, 0.15) is 5.56 Å². The number of morpholine rings is 1. The molecule has 0 amide bonds. The zero-order valence-corrected chi connectivity index (χ0v) is 14.6.